The van der Waals surface area contributed by atoms with Crippen LogP contribution in [0.15, 0.2) is 12.1 Å². The van der Waals surface area contributed by atoms with Crippen LogP contribution in [0.4, 0.5) is 5.69 Å². The van der Waals surface area contributed by atoms with Crippen LogP contribution >= 0.6 is 0 Å². The summed E-state index contributed by atoms with van der Waals surface area (Å²) >= 11 is 0. The Bertz CT molecular complexity index is 527. The van der Waals surface area contributed by atoms with Crippen LogP contribution in [-0.2, 0) is 10.0 Å². The summed E-state index contributed by atoms with van der Waals surface area (Å²) in [4.78, 5) is 0. The van der Waals surface area contributed by atoms with Crippen LogP contribution in [0.1, 0.15) is 31.9 Å². The van der Waals surface area contributed by atoms with Gasteiger partial charge in [0, 0.05) is 0 Å². The number of nitrogens with one attached hydrogen (secondary N) is 1. The number of phenols is 1. The van der Waals surface area contributed by atoms with Gasteiger partial charge in [-0.1, -0.05) is 0 Å². The van der Waals surface area contributed by atoms with Crippen molar-refractivity contribution in [3.8, 4) is 5.75 Å². The summed E-state index contributed by atoms with van der Waals surface area (Å²) in [6.45, 7) is 8.39. The molecule has 0 aliphatic rings. The molecule has 0 aromatic heterocycles. The Labute approximate surface area is 103 Å². The minimum atomic E-state index is -3.43. The Morgan fingerprint density at radius 1 is 1.12 bits per heavy atom. The summed E-state index contributed by atoms with van der Waals surface area (Å²) < 4.78 is 25.7. The second-order valence-electron chi connectivity index (χ2n) is 5.17. The van der Waals surface area contributed by atoms with Gasteiger partial charge in [0.1, 0.15) is 5.75 Å². The summed E-state index contributed by atoms with van der Waals surface area (Å²) in [5, 5.41) is 9.51. The molecule has 96 valence electrons. The molecule has 0 saturated carbocycles. The molecule has 0 atom stereocenters. The summed E-state index contributed by atoms with van der Waals surface area (Å²) in [5.74, 6) is 0.168. The van der Waals surface area contributed by atoms with E-state index in [1.807, 2.05) is 0 Å². The number of hydrogen-bond donors (Lipinski definition) is 2. The number of sulfonamides is 1. The first-order valence-corrected chi connectivity index (χ1v) is 6.85. The van der Waals surface area contributed by atoms with Crippen molar-refractivity contribution in [3.05, 3.63) is 23.3 Å². The molecule has 0 unspecified atom stereocenters. The van der Waals surface area contributed by atoms with Crippen molar-refractivity contribution in [3.63, 3.8) is 0 Å². The molecular weight excluding hydrogens is 238 g/mol. The van der Waals surface area contributed by atoms with E-state index in [0.29, 0.717) is 16.8 Å². The molecule has 17 heavy (non-hydrogen) atoms. The van der Waals surface area contributed by atoms with E-state index in [2.05, 4.69) is 4.72 Å². The van der Waals surface area contributed by atoms with Crippen LogP contribution < -0.4 is 4.72 Å². The van der Waals surface area contributed by atoms with E-state index < -0.39 is 14.8 Å². The van der Waals surface area contributed by atoms with E-state index in [0.717, 1.165) is 0 Å². The van der Waals surface area contributed by atoms with Crippen molar-refractivity contribution < 1.29 is 13.5 Å². The van der Waals surface area contributed by atoms with Crippen LogP contribution in [0.25, 0.3) is 0 Å². The van der Waals surface area contributed by atoms with Crippen molar-refractivity contribution in [1.29, 1.82) is 0 Å². The predicted molar refractivity (Wildman–Crippen MR) is 69.9 cm³/mol. The molecule has 1 aromatic rings. The molecule has 1 rings (SSSR count). The summed E-state index contributed by atoms with van der Waals surface area (Å²) in [6.07, 6.45) is 0. The molecule has 0 fully saturated rings. The third-order valence-electron chi connectivity index (χ3n) is 2.59. The molecule has 0 saturated heterocycles. The van der Waals surface area contributed by atoms with Gasteiger partial charge in [-0.3, -0.25) is 4.72 Å². The van der Waals surface area contributed by atoms with E-state index >= 15 is 0 Å². The fourth-order valence-corrected chi connectivity index (χ4v) is 2.02. The van der Waals surface area contributed by atoms with Crippen molar-refractivity contribution >= 4 is 15.7 Å². The van der Waals surface area contributed by atoms with Crippen LogP contribution in [0.3, 0.4) is 0 Å². The second kappa shape index (κ2) is 4.22. The number of hydrogen-bond acceptors (Lipinski definition) is 3. The molecule has 0 amide bonds. The Kier molecular flexibility index (Phi) is 3.43. The van der Waals surface area contributed by atoms with Gasteiger partial charge in [-0.15, -0.1) is 0 Å². The second-order valence-corrected chi connectivity index (χ2v) is 7.61. The summed E-state index contributed by atoms with van der Waals surface area (Å²) in [5.41, 5.74) is 1.85. The smallest absolute Gasteiger partial charge is 0.237 e. The average Bonchev–Trinajstić information content (AvgIpc) is 2.12. The van der Waals surface area contributed by atoms with Gasteiger partial charge >= 0.3 is 0 Å². The monoisotopic (exact) mass is 257 g/mol. The normalized spacial score (nSPS) is 12.5. The maximum Gasteiger partial charge on any atom is 0.237 e. The SMILES string of the molecule is Cc1cc(NS(=O)(=O)C(C)(C)C)c(C)cc1O. The Balaban J connectivity index is 3.18. The highest BCUT2D eigenvalue weighted by molar-refractivity contribution is 7.94. The van der Waals surface area contributed by atoms with E-state index in [1.165, 1.54) is 0 Å². The standard InChI is InChI=1S/C12H19NO3S/c1-8-7-11(14)9(2)6-10(8)13-17(15,16)12(3,4)5/h6-7,13-14H,1-5H3. The Morgan fingerprint density at radius 2 is 1.65 bits per heavy atom. The van der Waals surface area contributed by atoms with Crippen LogP contribution in [0.5, 0.6) is 5.75 Å². The van der Waals surface area contributed by atoms with Crippen LogP contribution in [0, 0.1) is 13.8 Å². The molecule has 5 heteroatoms. The Morgan fingerprint density at radius 3 is 2.12 bits per heavy atom. The zero-order valence-electron chi connectivity index (χ0n) is 10.8. The quantitative estimate of drug-likeness (QED) is 0.800. The summed E-state index contributed by atoms with van der Waals surface area (Å²) in [7, 11) is -3.43. The predicted octanol–water partition coefficient (Wildman–Crippen LogP) is 2.55. The van der Waals surface area contributed by atoms with E-state index in [1.54, 1.807) is 46.8 Å². The number of aromatic hydroxyl groups is 1. The third kappa shape index (κ3) is 2.91. The molecule has 4 nitrogen and oxygen atoms in total. The molecule has 0 bridgehead atoms. The first-order chi connectivity index (χ1) is 7.54. The largest absolute Gasteiger partial charge is 0.508 e. The van der Waals surface area contributed by atoms with Crippen molar-refractivity contribution in [2.45, 2.75) is 39.4 Å². The van der Waals surface area contributed by atoms with Crippen LogP contribution in [0.2, 0.25) is 0 Å². The first-order valence-electron chi connectivity index (χ1n) is 5.37. The van der Waals surface area contributed by atoms with Crippen LogP contribution in [-0.4, -0.2) is 18.3 Å². The average molecular weight is 257 g/mol. The minimum absolute atomic E-state index is 0.168. The van der Waals surface area contributed by atoms with Gasteiger partial charge < -0.3 is 5.11 Å². The molecular formula is C12H19NO3S. The van der Waals surface area contributed by atoms with Crippen molar-refractivity contribution in [1.82, 2.24) is 0 Å². The highest BCUT2D eigenvalue weighted by atomic mass is 32.2. The van der Waals surface area contributed by atoms with Crippen molar-refractivity contribution in [2.75, 3.05) is 4.72 Å². The lowest BCUT2D eigenvalue weighted by molar-refractivity contribution is 0.471. The lowest BCUT2D eigenvalue weighted by Gasteiger charge is -2.21. The van der Waals surface area contributed by atoms with E-state index in [9.17, 15) is 13.5 Å². The molecule has 0 radical (unpaired) electrons. The molecule has 0 spiro atoms. The number of phenolic OH excluding ortho intramolecular Hbond substituents is 1. The lowest BCUT2D eigenvalue weighted by atomic mass is 10.1. The molecule has 0 heterocycles. The fourth-order valence-electron chi connectivity index (χ4n) is 1.21. The van der Waals surface area contributed by atoms with E-state index in [4.69, 9.17) is 0 Å². The van der Waals surface area contributed by atoms with Gasteiger partial charge in [-0.2, -0.15) is 0 Å². The highest BCUT2D eigenvalue weighted by Crippen LogP contribution is 2.27. The zero-order chi connectivity index (χ0) is 13.4. The highest BCUT2D eigenvalue weighted by Gasteiger charge is 2.29. The van der Waals surface area contributed by atoms with E-state index in [-0.39, 0.29) is 5.75 Å². The van der Waals surface area contributed by atoms with Crippen molar-refractivity contribution in [2.24, 2.45) is 0 Å². The number of benzene rings is 1. The van der Waals surface area contributed by atoms with Gasteiger partial charge in [0.25, 0.3) is 0 Å². The topological polar surface area (TPSA) is 66.4 Å². The molecule has 0 aliphatic carbocycles. The molecule has 0 aliphatic heterocycles. The minimum Gasteiger partial charge on any atom is -0.508 e. The third-order valence-corrected chi connectivity index (χ3v) is 4.69. The zero-order valence-corrected chi connectivity index (χ0v) is 11.6. The van der Waals surface area contributed by atoms with Gasteiger partial charge in [0.15, 0.2) is 0 Å². The molecule has 2 N–H and O–H groups in total. The van der Waals surface area contributed by atoms with Gasteiger partial charge in [0.05, 0.1) is 10.4 Å². The lowest BCUT2D eigenvalue weighted by Crippen LogP contribution is -2.33. The Hall–Kier alpha value is -1.23. The number of anilines is 1. The van der Waals surface area contributed by atoms with Gasteiger partial charge in [-0.05, 0) is 57.9 Å². The summed E-state index contributed by atoms with van der Waals surface area (Å²) in [6, 6.07) is 3.18. The maximum absolute atomic E-state index is 12.0. The number of aryl methyl sites for hydroxylation is 2. The molecule has 1 aromatic carbocycles. The van der Waals surface area contributed by atoms with Gasteiger partial charge in [0.2, 0.25) is 10.0 Å². The first kappa shape index (κ1) is 13.8. The number of rotatable bonds is 2. The maximum atomic E-state index is 12.0. The van der Waals surface area contributed by atoms with Gasteiger partial charge in [-0.25, -0.2) is 8.42 Å². The fraction of sp³-hybridized carbons (Fsp3) is 0.500.